The van der Waals surface area contributed by atoms with Crippen LogP contribution in [0.5, 0.6) is 0 Å². The molecule has 9 rings (SSSR count). The Kier molecular flexibility index (Phi) is 7.90. The van der Waals surface area contributed by atoms with Crippen molar-refractivity contribution in [2.75, 3.05) is 4.90 Å². The maximum Gasteiger partial charge on any atom is 0.0540 e. The normalized spacial score (nSPS) is 12.6. The van der Waals surface area contributed by atoms with E-state index in [9.17, 15) is 0 Å². The molecule has 248 valence electrons. The molecule has 0 fully saturated rings. The van der Waals surface area contributed by atoms with Gasteiger partial charge >= 0.3 is 0 Å². The molecule has 0 atom stereocenters. The number of para-hydroxylation sites is 1. The monoisotopic (exact) mass is 665 g/mol. The van der Waals surface area contributed by atoms with Crippen LogP contribution in [-0.2, 0) is 5.41 Å². The highest BCUT2D eigenvalue weighted by atomic mass is 15.1. The summed E-state index contributed by atoms with van der Waals surface area (Å²) in [6.07, 6.45) is 0. The van der Waals surface area contributed by atoms with Gasteiger partial charge in [0.15, 0.2) is 0 Å². The third kappa shape index (κ3) is 5.43. The van der Waals surface area contributed by atoms with Gasteiger partial charge in [0.2, 0.25) is 0 Å². The van der Waals surface area contributed by atoms with E-state index >= 15 is 0 Å². The van der Waals surface area contributed by atoms with E-state index in [0.29, 0.717) is 0 Å². The summed E-state index contributed by atoms with van der Waals surface area (Å²) in [7, 11) is 0. The van der Waals surface area contributed by atoms with E-state index in [0.717, 1.165) is 17.1 Å². The number of hydrogen-bond donors (Lipinski definition) is 0. The van der Waals surface area contributed by atoms with Gasteiger partial charge in [-0.3, -0.25) is 0 Å². The van der Waals surface area contributed by atoms with Gasteiger partial charge in [0.1, 0.15) is 0 Å². The van der Waals surface area contributed by atoms with Crippen LogP contribution in [-0.4, -0.2) is 0 Å². The van der Waals surface area contributed by atoms with Crippen molar-refractivity contribution in [1.29, 1.82) is 0 Å². The minimum absolute atomic E-state index is 0.0849. The largest absolute Gasteiger partial charge is 0.310 e. The highest BCUT2D eigenvalue weighted by Crippen LogP contribution is 2.54. The van der Waals surface area contributed by atoms with E-state index in [4.69, 9.17) is 0 Å². The second-order valence-corrected chi connectivity index (χ2v) is 14.1. The Hall–Kier alpha value is -6.44. The first-order chi connectivity index (χ1) is 25.6. The third-order valence-corrected chi connectivity index (χ3v) is 10.7. The average molecular weight is 666 g/mol. The Morgan fingerprint density at radius 3 is 1.58 bits per heavy atom. The molecular weight excluding hydrogens is 627 g/mol. The number of hydrogen-bond acceptors (Lipinski definition) is 1. The first-order valence-corrected chi connectivity index (χ1v) is 18.1. The van der Waals surface area contributed by atoms with Gasteiger partial charge in [0.25, 0.3) is 0 Å². The summed E-state index contributed by atoms with van der Waals surface area (Å²) in [6, 6.07) is 72.8. The van der Waals surface area contributed by atoms with E-state index < -0.39 is 0 Å². The van der Waals surface area contributed by atoms with Crippen LogP contribution in [0.2, 0.25) is 0 Å². The molecule has 8 aromatic carbocycles. The van der Waals surface area contributed by atoms with Gasteiger partial charge in [-0.2, -0.15) is 0 Å². The fourth-order valence-electron chi connectivity index (χ4n) is 8.16. The molecule has 0 amide bonds. The van der Waals surface area contributed by atoms with Crippen molar-refractivity contribution in [2.24, 2.45) is 0 Å². The van der Waals surface area contributed by atoms with Gasteiger partial charge in [-0.1, -0.05) is 184 Å². The van der Waals surface area contributed by atoms with Crippen LogP contribution >= 0.6 is 0 Å². The maximum absolute atomic E-state index is 2.45. The van der Waals surface area contributed by atoms with Crippen molar-refractivity contribution in [1.82, 2.24) is 0 Å². The summed E-state index contributed by atoms with van der Waals surface area (Å²) >= 11 is 0. The zero-order valence-electron chi connectivity index (χ0n) is 29.5. The molecule has 1 nitrogen and oxygen atoms in total. The van der Waals surface area contributed by atoms with E-state index in [2.05, 4.69) is 219 Å². The van der Waals surface area contributed by atoms with Crippen LogP contribution in [0.1, 0.15) is 25.0 Å². The molecule has 1 aliphatic carbocycles. The first-order valence-electron chi connectivity index (χ1n) is 18.1. The molecule has 0 bridgehead atoms. The summed E-state index contributed by atoms with van der Waals surface area (Å²) in [6.45, 7) is 4.71. The Labute approximate surface area is 307 Å². The van der Waals surface area contributed by atoms with Crippen molar-refractivity contribution < 1.29 is 0 Å². The average Bonchev–Trinajstić information content (AvgIpc) is 3.45. The molecule has 0 spiro atoms. The summed E-state index contributed by atoms with van der Waals surface area (Å²) < 4.78 is 0. The summed E-state index contributed by atoms with van der Waals surface area (Å²) in [5.41, 5.74) is 18.3. The van der Waals surface area contributed by atoms with Crippen molar-refractivity contribution in [3.8, 4) is 55.6 Å². The van der Waals surface area contributed by atoms with Crippen molar-refractivity contribution in [3.05, 3.63) is 211 Å². The molecule has 1 aliphatic rings. The molecule has 1 heteroatoms. The zero-order valence-corrected chi connectivity index (χ0v) is 29.5. The Morgan fingerprint density at radius 1 is 0.327 bits per heavy atom. The number of nitrogens with zero attached hydrogens (tertiary/aromatic N) is 1. The van der Waals surface area contributed by atoms with Gasteiger partial charge in [0.05, 0.1) is 5.69 Å². The molecule has 0 saturated carbocycles. The molecular formula is C51H39N. The lowest BCUT2D eigenvalue weighted by Gasteiger charge is -2.30. The van der Waals surface area contributed by atoms with Gasteiger partial charge < -0.3 is 4.90 Å². The molecule has 0 N–H and O–H groups in total. The smallest absolute Gasteiger partial charge is 0.0540 e. The quantitative estimate of drug-likeness (QED) is 0.164. The lowest BCUT2D eigenvalue weighted by molar-refractivity contribution is 0.660. The van der Waals surface area contributed by atoms with E-state index in [1.54, 1.807) is 0 Å². The lowest BCUT2D eigenvalue weighted by Crippen LogP contribution is -2.15. The SMILES string of the molecule is CC1(C)c2ccccc2-c2c(-c3ccccc3N(c3cccc(-c4ccccc4)c3)c3ccc(-c4ccccc4)c(-c4ccccc4)c3)cccc21. The highest BCUT2D eigenvalue weighted by Gasteiger charge is 2.37. The fraction of sp³-hybridized carbons (Fsp3) is 0.0588. The van der Waals surface area contributed by atoms with Gasteiger partial charge in [-0.05, 0) is 91.5 Å². The molecule has 8 aromatic rings. The first kappa shape index (κ1) is 31.5. The van der Waals surface area contributed by atoms with Gasteiger partial charge in [-0.15, -0.1) is 0 Å². The molecule has 0 saturated heterocycles. The minimum Gasteiger partial charge on any atom is -0.310 e. The van der Waals surface area contributed by atoms with Crippen molar-refractivity contribution in [2.45, 2.75) is 19.3 Å². The van der Waals surface area contributed by atoms with Crippen molar-refractivity contribution >= 4 is 17.1 Å². The standard InChI is InChI=1S/C51H39N/c1-51(2)47-29-14-12-27-45(47)50-44(28-17-30-48(50)51)43-26-13-15-31-49(43)52(40-25-16-24-39(34-40)36-18-6-3-7-19-36)41-32-33-42(37-20-8-4-9-21-37)46(35-41)38-22-10-5-11-23-38/h3-35H,1-2H3. The third-order valence-electron chi connectivity index (χ3n) is 10.7. The van der Waals surface area contributed by atoms with E-state index in [1.807, 2.05) is 0 Å². The summed E-state index contributed by atoms with van der Waals surface area (Å²) in [5, 5.41) is 0. The zero-order chi connectivity index (χ0) is 35.1. The number of fused-ring (bicyclic) bond motifs is 3. The van der Waals surface area contributed by atoms with E-state index in [1.165, 1.54) is 66.8 Å². The number of anilines is 3. The summed E-state index contributed by atoms with van der Waals surface area (Å²) in [5.74, 6) is 0. The molecule has 0 heterocycles. The van der Waals surface area contributed by atoms with E-state index in [-0.39, 0.29) is 5.41 Å². The minimum atomic E-state index is -0.0849. The summed E-state index contributed by atoms with van der Waals surface area (Å²) in [4.78, 5) is 2.45. The lowest BCUT2D eigenvalue weighted by atomic mass is 9.82. The Bertz CT molecular complexity index is 2530. The highest BCUT2D eigenvalue weighted by molar-refractivity contribution is 5.99. The molecule has 52 heavy (non-hydrogen) atoms. The van der Waals surface area contributed by atoms with Gasteiger partial charge in [0, 0.05) is 22.4 Å². The molecule has 0 radical (unpaired) electrons. The maximum atomic E-state index is 2.45. The second kappa shape index (κ2) is 13.0. The second-order valence-electron chi connectivity index (χ2n) is 14.1. The van der Waals surface area contributed by atoms with Crippen LogP contribution in [0, 0.1) is 0 Å². The topological polar surface area (TPSA) is 3.24 Å². The Balaban J connectivity index is 1.30. The fourth-order valence-corrected chi connectivity index (χ4v) is 8.16. The van der Waals surface area contributed by atoms with Crippen molar-refractivity contribution in [3.63, 3.8) is 0 Å². The van der Waals surface area contributed by atoms with Crippen LogP contribution in [0.4, 0.5) is 17.1 Å². The van der Waals surface area contributed by atoms with Gasteiger partial charge in [-0.25, -0.2) is 0 Å². The Morgan fingerprint density at radius 2 is 0.846 bits per heavy atom. The van der Waals surface area contributed by atoms with Crippen LogP contribution in [0.15, 0.2) is 200 Å². The van der Waals surface area contributed by atoms with Crippen LogP contribution in [0.25, 0.3) is 55.6 Å². The molecule has 0 unspecified atom stereocenters. The van der Waals surface area contributed by atoms with Crippen LogP contribution in [0.3, 0.4) is 0 Å². The van der Waals surface area contributed by atoms with Crippen LogP contribution < -0.4 is 4.90 Å². The molecule has 0 aliphatic heterocycles. The number of benzene rings is 8. The predicted octanol–water partition coefficient (Wildman–Crippen LogP) is 14.1. The molecule has 0 aromatic heterocycles. The predicted molar refractivity (Wildman–Crippen MR) is 220 cm³/mol. The number of rotatable bonds is 7.